The lowest BCUT2D eigenvalue weighted by Gasteiger charge is -2.25. The molecule has 0 radical (unpaired) electrons. The summed E-state index contributed by atoms with van der Waals surface area (Å²) in [6, 6.07) is 0.717. The number of hydrogen-bond donors (Lipinski definition) is 7. The summed E-state index contributed by atoms with van der Waals surface area (Å²) in [6.45, 7) is 14.9. The molecule has 0 amide bonds. The van der Waals surface area contributed by atoms with E-state index in [-0.39, 0.29) is 0 Å². The fourth-order valence-corrected chi connectivity index (χ4v) is 3.67. The highest BCUT2D eigenvalue weighted by Crippen LogP contribution is 2.07. The Kier molecular flexibility index (Phi) is 11.5. The zero-order valence-electron chi connectivity index (χ0n) is 19.9. The topological polar surface area (TPSA) is 134 Å². The smallest absolute Gasteiger partial charge is 0.0933 e. The molecule has 6 atom stereocenters. The van der Waals surface area contributed by atoms with Crippen molar-refractivity contribution < 1.29 is 18.9 Å². The molecular weight excluding hydrogens is 426 g/mol. The Morgan fingerprint density at radius 3 is 1.36 bits per heavy atom. The maximum atomic E-state index is 5.33. The quantitative estimate of drug-likeness (QED) is 0.0557. The molecule has 4 aliphatic heterocycles. The fourth-order valence-electron chi connectivity index (χ4n) is 3.67. The molecule has 4 fully saturated rings. The Morgan fingerprint density at radius 1 is 0.455 bits per heavy atom. The van der Waals surface area contributed by atoms with Crippen molar-refractivity contribution in [2.24, 2.45) is 0 Å². The van der Waals surface area contributed by atoms with Gasteiger partial charge in [0.2, 0.25) is 0 Å². The van der Waals surface area contributed by atoms with Gasteiger partial charge in [-0.1, -0.05) is 0 Å². The highest BCUT2D eigenvalue weighted by molar-refractivity contribution is 4.82. The summed E-state index contributed by atoms with van der Waals surface area (Å²) in [4.78, 5) is 0. The van der Waals surface area contributed by atoms with Crippen LogP contribution in [0, 0.1) is 0 Å². The number of epoxide rings is 4. The maximum Gasteiger partial charge on any atom is 0.0933 e. The third-order valence-electron chi connectivity index (χ3n) is 6.14. The van der Waals surface area contributed by atoms with Crippen LogP contribution in [0.4, 0.5) is 0 Å². The van der Waals surface area contributed by atoms with Gasteiger partial charge < -0.3 is 56.2 Å². The van der Waals surface area contributed by atoms with Crippen LogP contribution in [0.5, 0.6) is 0 Å². The molecule has 0 aromatic carbocycles. The van der Waals surface area contributed by atoms with E-state index in [0.29, 0.717) is 36.5 Å². The zero-order chi connectivity index (χ0) is 22.6. The molecule has 0 aromatic heterocycles. The molecule has 0 bridgehead atoms. The molecule has 0 aromatic rings. The van der Waals surface area contributed by atoms with Gasteiger partial charge in [0, 0.05) is 90.6 Å². The monoisotopic (exact) mass is 471 g/mol. The van der Waals surface area contributed by atoms with Gasteiger partial charge >= 0.3 is 0 Å². The Balaban J connectivity index is 1.10. The highest BCUT2D eigenvalue weighted by Gasteiger charge is 2.24. The van der Waals surface area contributed by atoms with Crippen LogP contribution in [0.1, 0.15) is 0 Å². The first kappa shape index (κ1) is 25.6. The summed E-state index contributed by atoms with van der Waals surface area (Å²) in [5.74, 6) is 0. The first-order valence-corrected chi connectivity index (χ1v) is 12.8. The highest BCUT2D eigenvalue weighted by atomic mass is 16.6. The van der Waals surface area contributed by atoms with E-state index in [0.717, 1.165) is 105 Å². The first-order valence-electron chi connectivity index (χ1n) is 12.8. The van der Waals surface area contributed by atoms with Gasteiger partial charge in [0.1, 0.15) is 0 Å². The van der Waals surface area contributed by atoms with Crippen LogP contribution in [0.3, 0.4) is 0 Å². The van der Waals surface area contributed by atoms with E-state index in [1.165, 1.54) is 0 Å². The van der Waals surface area contributed by atoms with E-state index in [1.54, 1.807) is 0 Å². The molecule has 11 nitrogen and oxygen atoms in total. The lowest BCUT2D eigenvalue weighted by molar-refractivity contribution is 0.359. The van der Waals surface area contributed by atoms with Crippen LogP contribution >= 0.6 is 0 Å². The minimum absolute atomic E-state index is 0.358. The van der Waals surface area contributed by atoms with Crippen molar-refractivity contribution in [2.75, 3.05) is 105 Å². The normalized spacial score (nSPS) is 29.1. The van der Waals surface area contributed by atoms with E-state index in [2.05, 4.69) is 37.2 Å². The number of ether oxygens (including phenoxy) is 4. The Hall–Kier alpha value is -0.440. The van der Waals surface area contributed by atoms with E-state index >= 15 is 0 Å². The van der Waals surface area contributed by atoms with Gasteiger partial charge in [-0.2, -0.15) is 0 Å². The molecule has 0 spiro atoms. The van der Waals surface area contributed by atoms with Crippen molar-refractivity contribution in [1.29, 1.82) is 0 Å². The molecule has 6 unspecified atom stereocenters. The molecule has 0 aliphatic carbocycles. The van der Waals surface area contributed by atoms with Gasteiger partial charge in [-0.15, -0.1) is 0 Å². The molecule has 192 valence electrons. The summed E-state index contributed by atoms with van der Waals surface area (Å²) < 4.78 is 21.2. The van der Waals surface area contributed by atoms with Crippen LogP contribution in [0.25, 0.3) is 0 Å². The molecule has 4 heterocycles. The second-order valence-corrected chi connectivity index (χ2v) is 9.51. The molecule has 4 aliphatic rings. The number of nitrogens with one attached hydrogen (secondary N) is 7. The number of rotatable bonds is 24. The Labute approximate surface area is 198 Å². The summed E-state index contributed by atoms with van der Waals surface area (Å²) in [5, 5.41) is 25.1. The molecule has 4 saturated heterocycles. The summed E-state index contributed by atoms with van der Waals surface area (Å²) in [6.07, 6.45) is 1.69. The van der Waals surface area contributed by atoms with Crippen molar-refractivity contribution in [2.45, 2.75) is 36.5 Å². The lowest BCUT2D eigenvalue weighted by Crippen LogP contribution is -2.53. The van der Waals surface area contributed by atoms with E-state index in [1.807, 2.05) is 0 Å². The minimum atomic E-state index is 0.358. The van der Waals surface area contributed by atoms with E-state index in [4.69, 9.17) is 18.9 Å². The standard InChI is InChI=1S/C22H45N7O4/c1(2-24-9-19-13-30-19)23-5-17(6-26-11-21-15-32-21)29-8-18(7-27-12-22-16-33-22)28-4-3-25-10-20-14-31-20/h17-29H,1-16H2. The second kappa shape index (κ2) is 14.8. The minimum Gasteiger partial charge on any atom is -0.372 e. The predicted molar refractivity (Wildman–Crippen MR) is 127 cm³/mol. The third kappa shape index (κ3) is 13.3. The lowest BCUT2D eigenvalue weighted by atomic mass is 10.2. The largest absolute Gasteiger partial charge is 0.372 e. The fraction of sp³-hybridized carbons (Fsp3) is 1.00. The van der Waals surface area contributed by atoms with Crippen LogP contribution in [-0.4, -0.2) is 141 Å². The third-order valence-corrected chi connectivity index (χ3v) is 6.14. The van der Waals surface area contributed by atoms with Crippen LogP contribution in [0.15, 0.2) is 0 Å². The molecule has 7 N–H and O–H groups in total. The number of hydrogen-bond acceptors (Lipinski definition) is 11. The van der Waals surface area contributed by atoms with Gasteiger partial charge in [0.15, 0.2) is 0 Å². The van der Waals surface area contributed by atoms with Gasteiger partial charge in [0.05, 0.1) is 50.8 Å². The van der Waals surface area contributed by atoms with Gasteiger partial charge in [-0.05, 0) is 0 Å². The predicted octanol–water partition coefficient (Wildman–Crippen LogP) is -3.55. The Morgan fingerprint density at radius 2 is 0.848 bits per heavy atom. The van der Waals surface area contributed by atoms with Gasteiger partial charge in [-0.3, -0.25) is 0 Å². The second-order valence-electron chi connectivity index (χ2n) is 9.51. The van der Waals surface area contributed by atoms with Crippen molar-refractivity contribution >= 4 is 0 Å². The average Bonchev–Trinajstić information content (AvgIpc) is 3.63. The molecular formula is C22H45N7O4. The van der Waals surface area contributed by atoms with E-state index < -0.39 is 0 Å². The molecule has 4 rings (SSSR count). The van der Waals surface area contributed by atoms with Crippen LogP contribution in [-0.2, 0) is 18.9 Å². The summed E-state index contributed by atoms with van der Waals surface area (Å²) in [7, 11) is 0. The molecule has 0 saturated carbocycles. The van der Waals surface area contributed by atoms with Crippen LogP contribution in [0.2, 0.25) is 0 Å². The van der Waals surface area contributed by atoms with Crippen molar-refractivity contribution in [3.63, 3.8) is 0 Å². The molecule has 11 heteroatoms. The van der Waals surface area contributed by atoms with Gasteiger partial charge in [-0.25, -0.2) is 0 Å². The summed E-state index contributed by atoms with van der Waals surface area (Å²) in [5.41, 5.74) is 0. The van der Waals surface area contributed by atoms with Crippen molar-refractivity contribution in [3.05, 3.63) is 0 Å². The average molecular weight is 472 g/mol. The SMILES string of the molecule is C(CNCC1CO1)NCC(CNCC1CO1)NCC(CNCC1CO1)NCCNCC1CO1. The maximum absolute atomic E-state index is 5.33. The van der Waals surface area contributed by atoms with Gasteiger partial charge in [0.25, 0.3) is 0 Å². The molecule has 33 heavy (non-hydrogen) atoms. The van der Waals surface area contributed by atoms with Crippen LogP contribution < -0.4 is 37.2 Å². The first-order chi connectivity index (χ1) is 16.3. The van der Waals surface area contributed by atoms with Crippen molar-refractivity contribution in [3.8, 4) is 0 Å². The zero-order valence-corrected chi connectivity index (χ0v) is 19.9. The van der Waals surface area contributed by atoms with E-state index in [9.17, 15) is 0 Å². The van der Waals surface area contributed by atoms with Crippen molar-refractivity contribution in [1.82, 2.24) is 37.2 Å². The summed E-state index contributed by atoms with van der Waals surface area (Å²) >= 11 is 0. The Bertz CT molecular complexity index is 519.